The maximum Gasteiger partial charge on any atom is 1.00 e. The maximum absolute atomic E-state index is 12.9. The zero-order chi connectivity index (χ0) is 20.0. The monoisotopic (exact) mass is 392 g/mol. The summed E-state index contributed by atoms with van der Waals surface area (Å²) in [4.78, 5) is 12.9. The molecule has 0 heterocycles. The van der Waals surface area contributed by atoms with Crippen LogP contribution in [0.2, 0.25) is 0 Å². The Morgan fingerprint density at radius 2 is 1.57 bits per heavy atom. The average Bonchev–Trinajstić information content (AvgIpc) is 2.58. The van der Waals surface area contributed by atoms with E-state index in [2.05, 4.69) is 32.9 Å². The van der Waals surface area contributed by atoms with Crippen molar-refractivity contribution in [3.05, 3.63) is 58.7 Å². The van der Waals surface area contributed by atoms with Crippen LogP contribution >= 0.6 is 8.58 Å². The molecule has 2 aromatic rings. The summed E-state index contributed by atoms with van der Waals surface area (Å²) in [6, 6.07) is 12.0. The molecule has 0 spiro atoms. The number of benzene rings is 2. The Morgan fingerprint density at radius 3 is 2.07 bits per heavy atom. The van der Waals surface area contributed by atoms with E-state index in [0.717, 1.165) is 27.7 Å². The first-order valence-corrected chi connectivity index (χ1v) is 10.3. The molecular formula is C23H30LiO3P. The van der Waals surface area contributed by atoms with Gasteiger partial charge in [0.25, 0.3) is 0 Å². The number of carbonyl (C=O) groups is 1. The molecule has 2 aromatic carbocycles. The summed E-state index contributed by atoms with van der Waals surface area (Å²) < 4.78 is 10.9. The predicted molar refractivity (Wildman–Crippen MR) is 114 cm³/mol. The standard InChI is InChI=1S/C23H30O3P.Li/c1-7-25-12-13-26-19-8-10-20(11-9-19)27-22(24)21-16(2)14-18(15-17(21)3)23(4,5)6;/h8-11,14-15H,7,12-13H2,1-6H3;/q-1;+1. The van der Waals surface area contributed by atoms with E-state index in [1.54, 1.807) is 0 Å². The van der Waals surface area contributed by atoms with Gasteiger partial charge in [0.1, 0.15) is 12.4 Å². The summed E-state index contributed by atoms with van der Waals surface area (Å²) >= 11 is 0. The molecule has 0 aliphatic carbocycles. The van der Waals surface area contributed by atoms with Gasteiger partial charge in [-0.15, -0.1) is 0 Å². The molecule has 0 N–H and O–H groups in total. The number of hydrogen-bond acceptors (Lipinski definition) is 3. The van der Waals surface area contributed by atoms with Gasteiger partial charge in [-0.1, -0.05) is 45.0 Å². The van der Waals surface area contributed by atoms with Crippen molar-refractivity contribution in [1.82, 2.24) is 0 Å². The van der Waals surface area contributed by atoms with Crippen molar-refractivity contribution in [3.63, 3.8) is 0 Å². The van der Waals surface area contributed by atoms with Crippen LogP contribution < -0.4 is 28.9 Å². The molecule has 5 heteroatoms. The topological polar surface area (TPSA) is 35.5 Å². The van der Waals surface area contributed by atoms with Gasteiger partial charge in [0.2, 0.25) is 0 Å². The zero-order valence-corrected chi connectivity index (χ0v) is 19.2. The van der Waals surface area contributed by atoms with Gasteiger partial charge in [-0.25, -0.2) is 0 Å². The van der Waals surface area contributed by atoms with Crippen molar-refractivity contribution >= 4 is 19.4 Å². The molecule has 0 amide bonds. The fourth-order valence-electron chi connectivity index (χ4n) is 2.89. The largest absolute Gasteiger partial charge is 1.00 e. The van der Waals surface area contributed by atoms with Gasteiger partial charge in [-0.05, 0) is 60.6 Å². The Labute approximate surface area is 183 Å². The molecule has 0 fully saturated rings. The van der Waals surface area contributed by atoms with Crippen LogP contribution in [0.4, 0.5) is 0 Å². The van der Waals surface area contributed by atoms with Gasteiger partial charge in [0.15, 0.2) is 0 Å². The molecule has 0 aromatic heterocycles. The third kappa shape index (κ3) is 7.05. The summed E-state index contributed by atoms with van der Waals surface area (Å²) in [6.07, 6.45) is 0. The van der Waals surface area contributed by atoms with Crippen molar-refractivity contribution in [3.8, 4) is 5.75 Å². The second-order valence-corrected chi connectivity index (χ2v) is 8.84. The molecule has 0 bridgehead atoms. The van der Waals surface area contributed by atoms with Crippen molar-refractivity contribution in [1.29, 1.82) is 0 Å². The van der Waals surface area contributed by atoms with Crippen molar-refractivity contribution in [2.75, 3.05) is 19.8 Å². The molecule has 0 aliphatic rings. The fourth-order valence-corrected chi connectivity index (χ4v) is 3.88. The summed E-state index contributed by atoms with van der Waals surface area (Å²) in [6.45, 7) is 14.4. The molecule has 0 saturated carbocycles. The first-order chi connectivity index (χ1) is 12.7. The van der Waals surface area contributed by atoms with Crippen LogP contribution in [0.1, 0.15) is 54.7 Å². The second-order valence-electron chi connectivity index (χ2n) is 7.69. The Balaban J connectivity index is 0.00000392. The molecule has 0 atom stereocenters. The smallest absolute Gasteiger partial charge is 0.491 e. The van der Waals surface area contributed by atoms with E-state index in [0.29, 0.717) is 28.4 Å². The Hall–Kier alpha value is -1.10. The van der Waals surface area contributed by atoms with E-state index in [1.807, 2.05) is 45.0 Å². The number of aryl methyl sites for hydroxylation is 2. The summed E-state index contributed by atoms with van der Waals surface area (Å²) in [5.41, 5.74) is 4.41. The third-order valence-electron chi connectivity index (χ3n) is 4.38. The molecular weight excluding hydrogens is 362 g/mol. The molecule has 0 radical (unpaired) electrons. The Morgan fingerprint density at radius 1 is 1.00 bits per heavy atom. The number of carbonyl (C=O) groups excluding carboxylic acids is 1. The van der Waals surface area contributed by atoms with Crippen LogP contribution in [0.15, 0.2) is 36.4 Å². The van der Waals surface area contributed by atoms with Crippen LogP contribution in [0.3, 0.4) is 0 Å². The Kier molecular flexibility index (Phi) is 9.95. The van der Waals surface area contributed by atoms with E-state index in [9.17, 15) is 4.79 Å². The quantitative estimate of drug-likeness (QED) is 0.393. The second kappa shape index (κ2) is 11.2. The van der Waals surface area contributed by atoms with Crippen molar-refractivity contribution < 1.29 is 33.1 Å². The van der Waals surface area contributed by atoms with Gasteiger partial charge in [-0.2, -0.15) is 5.30 Å². The first kappa shape index (κ1) is 24.9. The summed E-state index contributed by atoms with van der Waals surface area (Å²) in [5, 5.41) is 0.968. The van der Waals surface area contributed by atoms with E-state index in [4.69, 9.17) is 9.47 Å². The molecule has 146 valence electrons. The minimum atomic E-state index is 0. The van der Waals surface area contributed by atoms with Crippen molar-refractivity contribution in [2.24, 2.45) is 0 Å². The van der Waals surface area contributed by atoms with Gasteiger partial charge < -0.3 is 22.8 Å². The molecule has 2 rings (SSSR count). The number of hydrogen-bond donors (Lipinski definition) is 0. The zero-order valence-electron chi connectivity index (χ0n) is 18.3. The minimum Gasteiger partial charge on any atom is -0.491 e. The summed E-state index contributed by atoms with van der Waals surface area (Å²) in [5.74, 6) is 0.794. The third-order valence-corrected chi connectivity index (χ3v) is 5.36. The molecule has 0 unspecified atom stereocenters. The maximum atomic E-state index is 12.9. The van der Waals surface area contributed by atoms with Crippen LogP contribution in [-0.2, 0) is 10.2 Å². The molecule has 3 nitrogen and oxygen atoms in total. The van der Waals surface area contributed by atoms with Crippen molar-refractivity contribution in [2.45, 2.75) is 47.0 Å². The van der Waals surface area contributed by atoms with Gasteiger partial charge in [0, 0.05) is 12.1 Å². The van der Waals surface area contributed by atoms with Crippen LogP contribution in [0.25, 0.3) is 0 Å². The average molecular weight is 392 g/mol. The molecule has 0 aliphatic heterocycles. The number of ether oxygens (including phenoxy) is 2. The van der Waals surface area contributed by atoms with Gasteiger partial charge in [0.05, 0.1) is 6.61 Å². The van der Waals surface area contributed by atoms with E-state index in [-0.39, 0.29) is 29.8 Å². The van der Waals surface area contributed by atoms with Gasteiger partial charge >= 0.3 is 18.9 Å². The number of rotatable bonds is 8. The normalized spacial score (nSPS) is 11.5. The summed E-state index contributed by atoms with van der Waals surface area (Å²) in [7, 11) is 0.686. The van der Waals surface area contributed by atoms with Crippen LogP contribution in [-0.4, -0.2) is 25.3 Å². The Bertz CT molecular complexity index is 756. The van der Waals surface area contributed by atoms with Crippen LogP contribution in [0.5, 0.6) is 5.75 Å². The predicted octanol–water partition coefficient (Wildman–Crippen LogP) is 2.43. The van der Waals surface area contributed by atoms with Gasteiger partial charge in [-0.3, -0.25) is 0 Å². The molecule has 28 heavy (non-hydrogen) atoms. The fraction of sp³-hybridized carbons (Fsp3) is 0.435. The SMILES string of the molecule is CCOCCOc1ccc([P-]C(=O)c2c(C)cc(C(C)(C)C)cc2C)cc1.[Li+]. The van der Waals surface area contributed by atoms with E-state index < -0.39 is 0 Å². The minimum absolute atomic E-state index is 0. The molecule has 0 saturated heterocycles. The van der Waals surface area contributed by atoms with Crippen LogP contribution in [0, 0.1) is 13.8 Å². The van der Waals surface area contributed by atoms with E-state index >= 15 is 0 Å². The van der Waals surface area contributed by atoms with E-state index in [1.165, 1.54) is 5.56 Å². The first-order valence-electron chi connectivity index (χ1n) is 9.40.